The summed E-state index contributed by atoms with van der Waals surface area (Å²) >= 11 is 5.74. The van der Waals surface area contributed by atoms with E-state index in [2.05, 4.69) is 5.32 Å². The number of rotatable bonds is 4. The molecule has 0 saturated heterocycles. The highest BCUT2D eigenvalue weighted by Crippen LogP contribution is 2.25. The average molecular weight is 295 g/mol. The van der Waals surface area contributed by atoms with Gasteiger partial charge in [-0.05, 0) is 42.3 Å². The lowest BCUT2D eigenvalue weighted by Gasteiger charge is -2.08. The van der Waals surface area contributed by atoms with Gasteiger partial charge in [0.1, 0.15) is 10.8 Å². The molecule has 2 rings (SSSR count). The lowest BCUT2D eigenvalue weighted by atomic mass is 10.2. The van der Waals surface area contributed by atoms with E-state index in [1.165, 1.54) is 24.3 Å². The summed E-state index contributed by atoms with van der Waals surface area (Å²) in [6.07, 6.45) is 0. The van der Waals surface area contributed by atoms with Gasteiger partial charge >= 0.3 is 0 Å². The van der Waals surface area contributed by atoms with Gasteiger partial charge in [0.2, 0.25) is 0 Å². The van der Waals surface area contributed by atoms with Crippen LogP contribution in [0, 0.1) is 22.9 Å². The molecule has 2 aromatic rings. The fourth-order valence-electron chi connectivity index (χ4n) is 1.85. The number of halogens is 2. The van der Waals surface area contributed by atoms with Crippen molar-refractivity contribution in [1.82, 2.24) is 0 Å². The first-order valence-electron chi connectivity index (χ1n) is 5.89. The summed E-state index contributed by atoms with van der Waals surface area (Å²) in [5.74, 6) is -0.324. The van der Waals surface area contributed by atoms with E-state index < -0.39 is 4.92 Å². The Kier molecular flexibility index (Phi) is 4.20. The second-order valence-electron chi connectivity index (χ2n) is 4.41. The molecule has 0 bridgehead atoms. The van der Waals surface area contributed by atoms with Crippen molar-refractivity contribution in [3.63, 3.8) is 0 Å². The molecule has 0 saturated carbocycles. The van der Waals surface area contributed by atoms with E-state index >= 15 is 0 Å². The fraction of sp³-hybridized carbons (Fsp3) is 0.143. The Hall–Kier alpha value is -2.14. The summed E-state index contributed by atoms with van der Waals surface area (Å²) in [6.45, 7) is 2.14. The van der Waals surface area contributed by atoms with Crippen molar-refractivity contribution >= 4 is 23.0 Å². The van der Waals surface area contributed by atoms with Crippen molar-refractivity contribution < 1.29 is 9.31 Å². The summed E-state index contributed by atoms with van der Waals surface area (Å²) in [4.78, 5) is 10.3. The number of aryl methyl sites for hydroxylation is 1. The van der Waals surface area contributed by atoms with Crippen molar-refractivity contribution in [1.29, 1.82) is 0 Å². The molecular weight excluding hydrogens is 283 g/mol. The Bertz CT molecular complexity index is 641. The highest BCUT2D eigenvalue weighted by molar-refractivity contribution is 6.32. The number of benzene rings is 2. The van der Waals surface area contributed by atoms with Gasteiger partial charge in [0.25, 0.3) is 5.69 Å². The molecule has 0 radical (unpaired) electrons. The third-order valence-corrected chi connectivity index (χ3v) is 3.07. The molecular formula is C14H12ClFN2O2. The van der Waals surface area contributed by atoms with Crippen molar-refractivity contribution in [2.45, 2.75) is 13.5 Å². The molecule has 0 spiro atoms. The van der Waals surface area contributed by atoms with Crippen LogP contribution in [0.1, 0.15) is 11.1 Å². The van der Waals surface area contributed by atoms with Crippen molar-refractivity contribution in [3.8, 4) is 0 Å². The summed E-state index contributed by atoms with van der Waals surface area (Å²) in [6, 6.07) is 9.17. The molecule has 1 N–H and O–H groups in total. The zero-order valence-electron chi connectivity index (χ0n) is 10.7. The van der Waals surface area contributed by atoms with E-state index in [4.69, 9.17) is 11.6 Å². The lowest BCUT2D eigenvalue weighted by molar-refractivity contribution is -0.384. The Morgan fingerprint density at radius 2 is 2.05 bits per heavy atom. The van der Waals surface area contributed by atoms with Crippen molar-refractivity contribution in [2.24, 2.45) is 0 Å². The molecule has 0 aliphatic rings. The molecule has 0 atom stereocenters. The molecule has 104 valence electrons. The Balaban J connectivity index is 2.14. The van der Waals surface area contributed by atoms with Crippen LogP contribution < -0.4 is 5.32 Å². The van der Waals surface area contributed by atoms with Crippen LogP contribution in [-0.4, -0.2) is 4.92 Å². The number of hydrogen-bond acceptors (Lipinski definition) is 3. The predicted molar refractivity (Wildman–Crippen MR) is 76.6 cm³/mol. The van der Waals surface area contributed by atoms with Gasteiger partial charge in [-0.1, -0.05) is 17.7 Å². The molecule has 6 heteroatoms. The van der Waals surface area contributed by atoms with Crippen LogP contribution in [0.2, 0.25) is 5.02 Å². The Morgan fingerprint density at radius 3 is 2.70 bits per heavy atom. The Labute approximate surface area is 120 Å². The molecule has 4 nitrogen and oxygen atoms in total. The van der Waals surface area contributed by atoms with Crippen molar-refractivity contribution in [3.05, 3.63) is 68.5 Å². The number of nitro groups is 1. The second-order valence-corrected chi connectivity index (χ2v) is 4.82. The normalized spacial score (nSPS) is 10.3. The minimum atomic E-state index is -0.530. The molecule has 0 unspecified atom stereocenters. The molecule has 20 heavy (non-hydrogen) atoms. The van der Waals surface area contributed by atoms with E-state index in [0.717, 1.165) is 5.56 Å². The molecule has 0 heterocycles. The van der Waals surface area contributed by atoms with E-state index in [1.54, 1.807) is 19.1 Å². The van der Waals surface area contributed by atoms with Crippen LogP contribution in [0.4, 0.5) is 15.8 Å². The molecule has 0 aliphatic carbocycles. The summed E-state index contributed by atoms with van der Waals surface area (Å²) in [5.41, 5.74) is 1.99. The van der Waals surface area contributed by atoms with Gasteiger partial charge in [-0.3, -0.25) is 10.1 Å². The van der Waals surface area contributed by atoms with Crippen LogP contribution in [-0.2, 0) is 6.54 Å². The fourth-order valence-corrected chi connectivity index (χ4v) is 2.04. The quantitative estimate of drug-likeness (QED) is 0.675. The maximum Gasteiger partial charge on any atom is 0.288 e. The van der Waals surface area contributed by atoms with Crippen LogP contribution in [0.5, 0.6) is 0 Å². The largest absolute Gasteiger partial charge is 0.381 e. The predicted octanol–water partition coefficient (Wildman–Crippen LogP) is 4.31. The van der Waals surface area contributed by atoms with Gasteiger partial charge in [0.15, 0.2) is 0 Å². The maximum atomic E-state index is 13.2. The molecule has 0 amide bonds. The average Bonchev–Trinajstić information content (AvgIpc) is 2.36. The van der Waals surface area contributed by atoms with Gasteiger partial charge in [-0.2, -0.15) is 0 Å². The summed E-state index contributed by atoms with van der Waals surface area (Å²) in [5, 5.41) is 13.9. The van der Waals surface area contributed by atoms with Gasteiger partial charge < -0.3 is 5.32 Å². The first-order valence-corrected chi connectivity index (χ1v) is 6.27. The third-order valence-electron chi connectivity index (χ3n) is 2.75. The topological polar surface area (TPSA) is 55.2 Å². The van der Waals surface area contributed by atoms with E-state index in [9.17, 15) is 14.5 Å². The number of nitrogens with zero attached hydrogens (tertiary/aromatic N) is 1. The molecule has 0 fully saturated rings. The number of nitro benzene ring substituents is 1. The van der Waals surface area contributed by atoms with Crippen LogP contribution >= 0.6 is 11.6 Å². The minimum absolute atomic E-state index is 0.0975. The van der Waals surface area contributed by atoms with Crippen LogP contribution in [0.15, 0.2) is 36.4 Å². The zero-order chi connectivity index (χ0) is 14.7. The van der Waals surface area contributed by atoms with E-state index in [0.29, 0.717) is 17.8 Å². The first kappa shape index (κ1) is 14.3. The number of nitrogens with one attached hydrogen (secondary N) is 1. The summed E-state index contributed by atoms with van der Waals surface area (Å²) in [7, 11) is 0. The highest BCUT2D eigenvalue weighted by Gasteiger charge is 2.12. The van der Waals surface area contributed by atoms with E-state index in [-0.39, 0.29) is 16.5 Å². The Morgan fingerprint density at radius 1 is 1.30 bits per heavy atom. The number of hydrogen-bond donors (Lipinski definition) is 1. The van der Waals surface area contributed by atoms with Gasteiger partial charge in [0.05, 0.1) is 4.92 Å². The zero-order valence-corrected chi connectivity index (χ0v) is 11.4. The van der Waals surface area contributed by atoms with Crippen LogP contribution in [0.3, 0.4) is 0 Å². The maximum absolute atomic E-state index is 13.2. The van der Waals surface area contributed by atoms with Crippen LogP contribution in [0.25, 0.3) is 0 Å². The summed E-state index contributed by atoms with van der Waals surface area (Å²) < 4.78 is 13.2. The van der Waals surface area contributed by atoms with Gasteiger partial charge in [-0.25, -0.2) is 4.39 Å². The standard InChI is InChI=1S/C14H12ClFN2O2/c1-9-4-11(16)7-12(5-9)17-8-10-2-3-13(15)14(6-10)18(19)20/h2-7,17H,8H2,1H3. The first-order chi connectivity index (χ1) is 9.45. The smallest absolute Gasteiger partial charge is 0.288 e. The highest BCUT2D eigenvalue weighted by atomic mass is 35.5. The molecule has 0 aliphatic heterocycles. The monoisotopic (exact) mass is 294 g/mol. The molecule has 2 aromatic carbocycles. The van der Waals surface area contributed by atoms with Crippen molar-refractivity contribution in [2.75, 3.05) is 5.32 Å². The minimum Gasteiger partial charge on any atom is -0.381 e. The second kappa shape index (κ2) is 5.88. The molecule has 0 aromatic heterocycles. The van der Waals surface area contributed by atoms with Gasteiger partial charge in [0, 0.05) is 18.3 Å². The third kappa shape index (κ3) is 3.45. The lowest BCUT2D eigenvalue weighted by Crippen LogP contribution is -2.01. The number of anilines is 1. The van der Waals surface area contributed by atoms with Gasteiger partial charge in [-0.15, -0.1) is 0 Å². The van der Waals surface area contributed by atoms with E-state index in [1.807, 2.05) is 0 Å². The SMILES string of the molecule is Cc1cc(F)cc(NCc2ccc(Cl)c([N+](=O)[O-])c2)c1.